The number of anilines is 3. The summed E-state index contributed by atoms with van der Waals surface area (Å²) in [5.41, 5.74) is 8.32. The van der Waals surface area contributed by atoms with Crippen LogP contribution >= 0.6 is 0 Å². The molecule has 1 aromatic carbocycles. The fraction of sp³-hybridized carbons (Fsp3) is 0.375. The number of hydrogen-bond acceptors (Lipinski definition) is 7. The van der Waals surface area contributed by atoms with Gasteiger partial charge in [-0.2, -0.15) is 0 Å². The zero-order valence-electron chi connectivity index (χ0n) is 24.8. The van der Waals surface area contributed by atoms with Gasteiger partial charge in [-0.3, -0.25) is 9.78 Å². The topological polar surface area (TPSA) is 122 Å². The second kappa shape index (κ2) is 13.0. The first-order valence-corrected chi connectivity index (χ1v) is 14.1. The number of piperidine rings is 1. The average Bonchev–Trinajstić information content (AvgIpc) is 2.92. The fourth-order valence-corrected chi connectivity index (χ4v) is 4.68. The molecule has 1 atom stereocenters. The van der Waals surface area contributed by atoms with Crippen LogP contribution < -0.4 is 21.3 Å². The van der Waals surface area contributed by atoms with Gasteiger partial charge < -0.3 is 26.0 Å². The van der Waals surface area contributed by atoms with Gasteiger partial charge in [-0.25, -0.2) is 14.2 Å². The monoisotopic (exact) mass is 574 g/mol. The van der Waals surface area contributed by atoms with E-state index in [-0.39, 0.29) is 23.0 Å². The second-order valence-corrected chi connectivity index (χ2v) is 11.8. The van der Waals surface area contributed by atoms with E-state index in [2.05, 4.69) is 39.3 Å². The third kappa shape index (κ3) is 8.05. The molecule has 1 saturated heterocycles. The minimum Gasteiger partial charge on any atom is -0.444 e. The number of aromatic nitrogens is 2. The standard InChI is InChI=1S/C32H39FN6O3/c1-20(2)8-9-21-10-11-24(33)23(17-21)26-13-12-25(34)29(37-26)30(40)38-27-18-35-15-14-28(27)39-16-6-7-22(19-39)36-31(41)42-32(3,4)5/h8-15,17-18,20,22H,6-7,16,19,34H2,1-5H3,(H,36,41)(H,38,40). The molecule has 222 valence electrons. The number of allylic oxidation sites excluding steroid dienone is 1. The van der Waals surface area contributed by atoms with E-state index in [1.54, 1.807) is 36.7 Å². The smallest absolute Gasteiger partial charge is 0.407 e. The molecular formula is C32H39FN6O3. The molecule has 0 spiro atoms. The highest BCUT2D eigenvalue weighted by Gasteiger charge is 2.26. The van der Waals surface area contributed by atoms with E-state index in [4.69, 9.17) is 10.5 Å². The van der Waals surface area contributed by atoms with Crippen LogP contribution in [0, 0.1) is 11.7 Å². The van der Waals surface area contributed by atoms with Crippen molar-refractivity contribution >= 4 is 35.1 Å². The number of nitrogen functional groups attached to an aromatic ring is 1. The molecule has 42 heavy (non-hydrogen) atoms. The number of halogens is 1. The van der Waals surface area contributed by atoms with Crippen LogP contribution in [-0.2, 0) is 4.74 Å². The summed E-state index contributed by atoms with van der Waals surface area (Å²) in [6.07, 6.45) is 8.34. The van der Waals surface area contributed by atoms with Crippen molar-refractivity contribution in [3.05, 3.63) is 71.9 Å². The Hall–Kier alpha value is -4.47. The third-order valence-electron chi connectivity index (χ3n) is 6.61. The maximum absolute atomic E-state index is 14.8. The summed E-state index contributed by atoms with van der Waals surface area (Å²) < 4.78 is 20.3. The summed E-state index contributed by atoms with van der Waals surface area (Å²) in [5.74, 6) is -0.646. The molecule has 2 amide bonds. The molecule has 0 bridgehead atoms. The van der Waals surface area contributed by atoms with Gasteiger partial charge in [0.05, 0.1) is 29.0 Å². The minimum atomic E-state index is -0.590. The van der Waals surface area contributed by atoms with Crippen molar-refractivity contribution in [3.63, 3.8) is 0 Å². The van der Waals surface area contributed by atoms with E-state index in [0.717, 1.165) is 30.6 Å². The lowest BCUT2D eigenvalue weighted by Gasteiger charge is -2.35. The molecule has 0 radical (unpaired) electrons. The molecule has 3 aromatic rings. The molecule has 2 aromatic heterocycles. The number of nitrogens with two attached hydrogens (primary N) is 1. The molecule has 10 heteroatoms. The zero-order chi connectivity index (χ0) is 30.4. The highest BCUT2D eigenvalue weighted by atomic mass is 19.1. The number of alkyl carbamates (subject to hydrolysis) is 1. The SMILES string of the molecule is CC(C)C=Cc1ccc(F)c(-c2ccc(N)c(C(=O)Nc3cnccc3N3CCCC(NC(=O)OC(C)(C)C)C3)n2)c1. The van der Waals surface area contributed by atoms with E-state index >= 15 is 0 Å². The predicted molar refractivity (Wildman–Crippen MR) is 165 cm³/mol. The van der Waals surface area contributed by atoms with Gasteiger partial charge in [0, 0.05) is 30.9 Å². The number of nitrogens with one attached hydrogen (secondary N) is 2. The first-order valence-electron chi connectivity index (χ1n) is 14.1. The largest absolute Gasteiger partial charge is 0.444 e. The summed E-state index contributed by atoms with van der Waals surface area (Å²) in [4.78, 5) is 36.5. The first kappa shape index (κ1) is 30.5. The van der Waals surface area contributed by atoms with Crippen molar-refractivity contribution in [2.24, 2.45) is 5.92 Å². The molecule has 1 aliphatic heterocycles. The molecule has 1 fully saturated rings. The number of rotatable bonds is 7. The normalized spacial score (nSPS) is 15.6. The van der Waals surface area contributed by atoms with E-state index in [9.17, 15) is 14.0 Å². The molecule has 9 nitrogen and oxygen atoms in total. The number of benzene rings is 1. The molecule has 0 saturated carbocycles. The number of amides is 2. The van der Waals surface area contributed by atoms with Crippen molar-refractivity contribution < 1.29 is 18.7 Å². The van der Waals surface area contributed by atoms with Crippen molar-refractivity contribution in [1.82, 2.24) is 15.3 Å². The molecule has 1 aliphatic rings. The van der Waals surface area contributed by atoms with Crippen molar-refractivity contribution in [2.45, 2.75) is 59.1 Å². The number of carbonyl (C=O) groups is 2. The summed E-state index contributed by atoms with van der Waals surface area (Å²) in [6.45, 7) is 10.8. The Morgan fingerprint density at radius 3 is 2.71 bits per heavy atom. The number of ether oxygens (including phenoxy) is 1. The second-order valence-electron chi connectivity index (χ2n) is 11.8. The Balaban J connectivity index is 1.54. The summed E-state index contributed by atoms with van der Waals surface area (Å²) in [7, 11) is 0. The van der Waals surface area contributed by atoms with Crippen LogP contribution in [-0.4, -0.2) is 46.7 Å². The number of hydrogen-bond donors (Lipinski definition) is 3. The van der Waals surface area contributed by atoms with Crippen LogP contribution in [0.4, 0.5) is 26.2 Å². The summed E-state index contributed by atoms with van der Waals surface area (Å²) >= 11 is 0. The number of nitrogens with zero attached hydrogens (tertiary/aromatic N) is 3. The quantitative estimate of drug-likeness (QED) is 0.304. The van der Waals surface area contributed by atoms with Crippen LogP contribution in [0.25, 0.3) is 17.3 Å². The Morgan fingerprint density at radius 2 is 1.98 bits per heavy atom. The van der Waals surface area contributed by atoms with Crippen LogP contribution in [0.3, 0.4) is 0 Å². The number of pyridine rings is 2. The predicted octanol–water partition coefficient (Wildman–Crippen LogP) is 6.28. The lowest BCUT2D eigenvalue weighted by molar-refractivity contribution is 0.0500. The fourth-order valence-electron chi connectivity index (χ4n) is 4.68. The Kier molecular flexibility index (Phi) is 9.45. The molecule has 0 aliphatic carbocycles. The van der Waals surface area contributed by atoms with Crippen LogP contribution in [0.15, 0.2) is 54.9 Å². The zero-order valence-corrected chi connectivity index (χ0v) is 24.8. The van der Waals surface area contributed by atoms with Gasteiger partial charge in [0.1, 0.15) is 11.4 Å². The Labute approximate surface area is 246 Å². The van der Waals surface area contributed by atoms with Crippen LogP contribution in [0.1, 0.15) is 63.5 Å². The summed E-state index contributed by atoms with van der Waals surface area (Å²) in [5, 5.41) is 5.83. The van der Waals surface area contributed by atoms with Crippen LogP contribution in [0.2, 0.25) is 0 Å². The summed E-state index contributed by atoms with van der Waals surface area (Å²) in [6, 6.07) is 9.62. The Morgan fingerprint density at radius 1 is 1.19 bits per heavy atom. The third-order valence-corrected chi connectivity index (χ3v) is 6.61. The van der Waals surface area contributed by atoms with Gasteiger partial charge >= 0.3 is 6.09 Å². The van der Waals surface area contributed by atoms with Gasteiger partial charge in [0.2, 0.25) is 0 Å². The van der Waals surface area contributed by atoms with Gasteiger partial charge in [0.25, 0.3) is 5.91 Å². The maximum atomic E-state index is 14.8. The molecule has 3 heterocycles. The highest BCUT2D eigenvalue weighted by molar-refractivity contribution is 6.08. The van der Waals surface area contributed by atoms with Gasteiger partial charge in [-0.1, -0.05) is 32.1 Å². The van der Waals surface area contributed by atoms with Crippen molar-refractivity contribution in [2.75, 3.05) is 29.0 Å². The van der Waals surface area contributed by atoms with Gasteiger partial charge in [-0.05, 0) is 75.4 Å². The van der Waals surface area contributed by atoms with E-state index in [0.29, 0.717) is 23.8 Å². The van der Waals surface area contributed by atoms with E-state index < -0.39 is 23.4 Å². The first-order chi connectivity index (χ1) is 19.9. The molecule has 1 unspecified atom stereocenters. The van der Waals surface area contributed by atoms with E-state index in [1.807, 2.05) is 39.0 Å². The lowest BCUT2D eigenvalue weighted by atomic mass is 10.0. The molecule has 4 rings (SSSR count). The average molecular weight is 575 g/mol. The number of carbonyl (C=O) groups excluding carboxylic acids is 2. The van der Waals surface area contributed by atoms with Gasteiger partial charge in [0.15, 0.2) is 5.69 Å². The maximum Gasteiger partial charge on any atom is 0.407 e. The Bertz CT molecular complexity index is 1470. The van der Waals surface area contributed by atoms with Crippen LogP contribution in [0.5, 0.6) is 0 Å². The van der Waals surface area contributed by atoms with Crippen molar-refractivity contribution in [3.8, 4) is 11.3 Å². The highest BCUT2D eigenvalue weighted by Crippen LogP contribution is 2.30. The lowest BCUT2D eigenvalue weighted by Crippen LogP contribution is -2.49. The van der Waals surface area contributed by atoms with Gasteiger partial charge in [-0.15, -0.1) is 0 Å². The minimum absolute atomic E-state index is 0.0204. The molecular weight excluding hydrogens is 535 g/mol. The molecule has 4 N–H and O–H groups in total. The van der Waals surface area contributed by atoms with Crippen molar-refractivity contribution in [1.29, 1.82) is 0 Å². The van der Waals surface area contributed by atoms with E-state index in [1.165, 1.54) is 6.07 Å².